The van der Waals surface area contributed by atoms with Crippen molar-refractivity contribution in [2.45, 2.75) is 57.9 Å². The number of nitrogens with zero attached hydrogens (tertiary/aromatic N) is 1. The van der Waals surface area contributed by atoms with Crippen LogP contribution in [-0.2, 0) is 11.3 Å². The van der Waals surface area contributed by atoms with E-state index in [1.54, 1.807) is 0 Å². The van der Waals surface area contributed by atoms with E-state index in [9.17, 15) is 4.79 Å². The maximum absolute atomic E-state index is 12.3. The van der Waals surface area contributed by atoms with Crippen LogP contribution in [0.4, 0.5) is 0 Å². The van der Waals surface area contributed by atoms with E-state index in [-0.39, 0.29) is 17.1 Å². The first-order valence-corrected chi connectivity index (χ1v) is 9.04. The van der Waals surface area contributed by atoms with Gasteiger partial charge in [0.15, 0.2) is 0 Å². The summed E-state index contributed by atoms with van der Waals surface area (Å²) in [4.78, 5) is 14.3. The molecule has 0 aromatic heterocycles. The summed E-state index contributed by atoms with van der Waals surface area (Å²) in [6, 6.07) is 8.11. The first kappa shape index (κ1) is 19.9. The lowest BCUT2D eigenvalue weighted by molar-refractivity contribution is -0.0699. The zero-order valence-electron chi connectivity index (χ0n) is 16.5. The summed E-state index contributed by atoms with van der Waals surface area (Å²) in [7, 11) is 3.99. The van der Waals surface area contributed by atoms with E-state index in [0.29, 0.717) is 18.2 Å². The molecule has 0 unspecified atom stereocenters. The van der Waals surface area contributed by atoms with Crippen LogP contribution in [-0.4, -0.2) is 55.2 Å². The van der Waals surface area contributed by atoms with E-state index < -0.39 is 0 Å². The standard InChI is InChI=1S/C20H33N3O2/c1-19(2)13-17(20(3,4)25-19)22-14-15-8-7-9-16(12-15)18(24)21-10-11-23(5)6/h7-9,12,17,22H,10-11,13-14H2,1-6H3,(H,21,24)/t17-/m1/s1. The second kappa shape index (κ2) is 7.85. The summed E-state index contributed by atoms with van der Waals surface area (Å²) in [6.45, 7) is 10.7. The van der Waals surface area contributed by atoms with Gasteiger partial charge in [-0.15, -0.1) is 0 Å². The molecule has 0 saturated carbocycles. The predicted molar refractivity (Wildman–Crippen MR) is 102 cm³/mol. The molecule has 0 spiro atoms. The molecule has 5 heteroatoms. The smallest absolute Gasteiger partial charge is 0.251 e. The number of hydrogen-bond acceptors (Lipinski definition) is 4. The topological polar surface area (TPSA) is 53.6 Å². The lowest BCUT2D eigenvalue weighted by Crippen LogP contribution is -2.42. The number of hydrogen-bond donors (Lipinski definition) is 2. The van der Waals surface area contributed by atoms with Crippen LogP contribution >= 0.6 is 0 Å². The molecule has 1 aliphatic rings. The summed E-state index contributed by atoms with van der Waals surface area (Å²) in [5.74, 6) is -0.0191. The summed E-state index contributed by atoms with van der Waals surface area (Å²) in [6.07, 6.45) is 0.977. The van der Waals surface area contributed by atoms with Gasteiger partial charge in [0.2, 0.25) is 0 Å². The van der Waals surface area contributed by atoms with Crippen molar-refractivity contribution < 1.29 is 9.53 Å². The Balaban J connectivity index is 1.92. The minimum atomic E-state index is -0.190. The van der Waals surface area contributed by atoms with Crippen molar-refractivity contribution in [2.24, 2.45) is 0 Å². The van der Waals surface area contributed by atoms with E-state index in [0.717, 1.165) is 25.1 Å². The number of likely N-dealkylation sites (N-methyl/N-ethyl adjacent to an activating group) is 1. The molecule has 1 atom stereocenters. The van der Waals surface area contributed by atoms with Crippen LogP contribution in [0.1, 0.15) is 50.0 Å². The Bertz CT molecular complexity index is 596. The van der Waals surface area contributed by atoms with E-state index in [1.807, 2.05) is 37.2 Å². The van der Waals surface area contributed by atoms with Crippen molar-refractivity contribution in [1.82, 2.24) is 15.5 Å². The number of carbonyl (C=O) groups excluding carboxylic acids is 1. The van der Waals surface area contributed by atoms with Gasteiger partial charge in [-0.25, -0.2) is 0 Å². The molecule has 1 aromatic carbocycles. The van der Waals surface area contributed by atoms with E-state index in [1.165, 1.54) is 0 Å². The largest absolute Gasteiger partial charge is 0.368 e. The van der Waals surface area contributed by atoms with Crippen LogP contribution in [0.2, 0.25) is 0 Å². The van der Waals surface area contributed by atoms with Crippen molar-refractivity contribution in [3.8, 4) is 0 Å². The average Bonchev–Trinajstić information content (AvgIpc) is 2.72. The number of amides is 1. The first-order valence-electron chi connectivity index (χ1n) is 9.04. The van der Waals surface area contributed by atoms with Crippen molar-refractivity contribution in [3.63, 3.8) is 0 Å². The molecule has 5 nitrogen and oxygen atoms in total. The van der Waals surface area contributed by atoms with Crippen LogP contribution in [0.5, 0.6) is 0 Å². The molecule has 0 aliphatic carbocycles. The second-order valence-electron chi connectivity index (χ2n) is 8.36. The molecule has 1 heterocycles. The quantitative estimate of drug-likeness (QED) is 0.795. The third-order valence-corrected chi connectivity index (χ3v) is 4.66. The molecule has 1 aliphatic heterocycles. The highest BCUT2D eigenvalue weighted by Gasteiger charge is 2.45. The zero-order chi connectivity index (χ0) is 18.7. The highest BCUT2D eigenvalue weighted by atomic mass is 16.5. The highest BCUT2D eigenvalue weighted by Crippen LogP contribution is 2.37. The summed E-state index contributed by atoms with van der Waals surface area (Å²) in [5, 5.41) is 6.56. The van der Waals surface area contributed by atoms with Crippen molar-refractivity contribution >= 4 is 5.91 Å². The predicted octanol–water partition coefficient (Wildman–Crippen LogP) is 2.41. The van der Waals surface area contributed by atoms with Gasteiger partial charge >= 0.3 is 0 Å². The molecule has 1 fully saturated rings. The molecular weight excluding hydrogens is 314 g/mol. The number of nitrogens with one attached hydrogen (secondary N) is 2. The van der Waals surface area contributed by atoms with Crippen LogP contribution in [0.15, 0.2) is 24.3 Å². The third-order valence-electron chi connectivity index (χ3n) is 4.66. The Morgan fingerprint density at radius 1 is 1.28 bits per heavy atom. The fourth-order valence-electron chi connectivity index (χ4n) is 3.44. The van der Waals surface area contributed by atoms with Gasteiger partial charge in [-0.1, -0.05) is 12.1 Å². The molecule has 0 radical (unpaired) electrons. The van der Waals surface area contributed by atoms with Crippen LogP contribution in [0.3, 0.4) is 0 Å². The molecule has 0 bridgehead atoms. The zero-order valence-corrected chi connectivity index (χ0v) is 16.5. The highest BCUT2D eigenvalue weighted by molar-refractivity contribution is 5.94. The maximum atomic E-state index is 12.3. The summed E-state index contributed by atoms with van der Waals surface area (Å²) >= 11 is 0. The number of carbonyl (C=O) groups is 1. The average molecular weight is 348 g/mol. The Kier molecular flexibility index (Phi) is 6.25. The fourth-order valence-corrected chi connectivity index (χ4v) is 3.44. The summed E-state index contributed by atoms with van der Waals surface area (Å²) < 4.78 is 6.13. The van der Waals surface area contributed by atoms with Gasteiger partial charge in [0.25, 0.3) is 5.91 Å². The van der Waals surface area contributed by atoms with Crippen molar-refractivity contribution in [2.75, 3.05) is 27.2 Å². The van der Waals surface area contributed by atoms with Gasteiger partial charge in [-0.2, -0.15) is 0 Å². The van der Waals surface area contributed by atoms with Crippen LogP contribution in [0, 0.1) is 0 Å². The first-order chi connectivity index (χ1) is 11.6. The minimum Gasteiger partial charge on any atom is -0.368 e. The minimum absolute atomic E-state index is 0.0191. The van der Waals surface area contributed by atoms with Crippen LogP contribution in [0.25, 0.3) is 0 Å². The molecule has 1 aromatic rings. The number of benzene rings is 1. The fraction of sp³-hybridized carbons (Fsp3) is 0.650. The third kappa shape index (κ3) is 5.80. The van der Waals surface area contributed by atoms with Crippen LogP contribution < -0.4 is 10.6 Å². The molecule has 1 amide bonds. The van der Waals surface area contributed by atoms with Gasteiger partial charge < -0.3 is 20.3 Å². The molecule has 2 N–H and O–H groups in total. The molecule has 140 valence electrons. The lowest BCUT2D eigenvalue weighted by Gasteiger charge is -2.28. The van der Waals surface area contributed by atoms with Gasteiger partial charge in [0.05, 0.1) is 11.2 Å². The molecular formula is C20H33N3O2. The monoisotopic (exact) mass is 347 g/mol. The molecule has 25 heavy (non-hydrogen) atoms. The van der Waals surface area contributed by atoms with Gasteiger partial charge in [-0.3, -0.25) is 4.79 Å². The maximum Gasteiger partial charge on any atom is 0.251 e. The van der Waals surface area contributed by atoms with Crippen molar-refractivity contribution in [3.05, 3.63) is 35.4 Å². The van der Waals surface area contributed by atoms with E-state index in [2.05, 4.69) is 44.4 Å². The van der Waals surface area contributed by atoms with Crippen molar-refractivity contribution in [1.29, 1.82) is 0 Å². The number of ether oxygens (including phenoxy) is 1. The number of rotatable bonds is 7. The Hall–Kier alpha value is -1.43. The van der Waals surface area contributed by atoms with Gasteiger partial charge in [0, 0.05) is 31.2 Å². The SMILES string of the molecule is CN(C)CCNC(=O)c1cccc(CN[C@@H]2CC(C)(C)OC2(C)C)c1. The normalized spacial score (nSPS) is 21.5. The van der Waals surface area contributed by atoms with Gasteiger partial charge in [0.1, 0.15) is 0 Å². The molecule has 2 rings (SSSR count). The summed E-state index contributed by atoms with van der Waals surface area (Å²) in [5.41, 5.74) is 1.53. The second-order valence-corrected chi connectivity index (χ2v) is 8.36. The van der Waals surface area contributed by atoms with E-state index in [4.69, 9.17) is 4.74 Å². The van der Waals surface area contributed by atoms with E-state index >= 15 is 0 Å². The Morgan fingerprint density at radius 2 is 2.00 bits per heavy atom. The lowest BCUT2D eigenvalue weighted by atomic mass is 9.94. The Labute approximate surface area is 152 Å². The molecule has 1 saturated heterocycles. The van der Waals surface area contributed by atoms with Gasteiger partial charge in [-0.05, 0) is 65.9 Å². The Morgan fingerprint density at radius 3 is 2.60 bits per heavy atom.